The second-order valence-corrected chi connectivity index (χ2v) is 5.44. The minimum Gasteiger partial charge on any atom is -0.458 e. The molecule has 17 heavy (non-hydrogen) atoms. The van der Waals surface area contributed by atoms with Crippen LogP contribution in [0.5, 0.6) is 0 Å². The van der Waals surface area contributed by atoms with E-state index in [9.17, 15) is 0 Å². The lowest BCUT2D eigenvalue weighted by Gasteiger charge is -2.19. The summed E-state index contributed by atoms with van der Waals surface area (Å²) in [5.74, 6) is 1.53. The van der Waals surface area contributed by atoms with Crippen molar-refractivity contribution in [2.45, 2.75) is 26.8 Å². The van der Waals surface area contributed by atoms with Crippen LogP contribution in [0.25, 0.3) is 11.0 Å². The molecule has 2 nitrogen and oxygen atoms in total. The third-order valence-electron chi connectivity index (χ3n) is 2.91. The van der Waals surface area contributed by atoms with Crippen LogP contribution in [0.2, 0.25) is 0 Å². The number of hydrogen-bond acceptors (Lipinski definition) is 2. The predicted octanol–water partition coefficient (Wildman–Crippen LogP) is 4.50. The molecule has 0 aliphatic heterocycles. The first-order chi connectivity index (χ1) is 8.13. The molecule has 0 aliphatic carbocycles. The van der Waals surface area contributed by atoms with Crippen LogP contribution in [0.4, 0.5) is 0 Å². The number of nitrogens with one attached hydrogen (secondary N) is 1. The number of halogens is 1. The average Bonchev–Trinajstić information content (AvgIpc) is 2.70. The fraction of sp³-hybridized carbons (Fsp3) is 0.429. The zero-order valence-corrected chi connectivity index (χ0v) is 12.0. The van der Waals surface area contributed by atoms with Crippen molar-refractivity contribution in [2.75, 3.05) is 6.54 Å². The lowest BCUT2D eigenvalue weighted by atomic mass is 10.0. The Balaban J connectivity index is 2.44. The van der Waals surface area contributed by atoms with Crippen LogP contribution < -0.4 is 5.32 Å². The Morgan fingerprint density at radius 3 is 2.71 bits per heavy atom. The van der Waals surface area contributed by atoms with E-state index >= 15 is 0 Å². The van der Waals surface area contributed by atoms with Crippen molar-refractivity contribution in [1.82, 2.24) is 5.32 Å². The first-order valence-corrected chi connectivity index (χ1v) is 6.84. The normalized spacial score (nSPS) is 13.5. The molecule has 2 rings (SSSR count). The van der Waals surface area contributed by atoms with Gasteiger partial charge in [-0.1, -0.05) is 32.9 Å². The molecule has 1 N–H and O–H groups in total. The summed E-state index contributed by atoms with van der Waals surface area (Å²) in [4.78, 5) is 0. The van der Waals surface area contributed by atoms with Crippen molar-refractivity contribution in [2.24, 2.45) is 5.92 Å². The van der Waals surface area contributed by atoms with Gasteiger partial charge in [0.2, 0.25) is 0 Å². The van der Waals surface area contributed by atoms with E-state index in [1.165, 1.54) is 0 Å². The molecule has 0 fully saturated rings. The van der Waals surface area contributed by atoms with E-state index < -0.39 is 0 Å². The van der Waals surface area contributed by atoms with Crippen LogP contribution in [0.1, 0.15) is 32.6 Å². The Morgan fingerprint density at radius 1 is 1.35 bits per heavy atom. The summed E-state index contributed by atoms with van der Waals surface area (Å²) in [6.45, 7) is 7.47. The van der Waals surface area contributed by atoms with Crippen LogP contribution >= 0.6 is 15.9 Å². The summed E-state index contributed by atoms with van der Waals surface area (Å²) in [6.07, 6.45) is 0. The monoisotopic (exact) mass is 295 g/mol. The van der Waals surface area contributed by atoms with E-state index in [1.54, 1.807) is 0 Å². The Morgan fingerprint density at radius 2 is 2.12 bits per heavy atom. The zero-order chi connectivity index (χ0) is 12.4. The molecule has 0 aliphatic rings. The molecule has 2 aromatic rings. The van der Waals surface area contributed by atoms with E-state index in [2.05, 4.69) is 54.2 Å². The molecule has 0 bridgehead atoms. The van der Waals surface area contributed by atoms with Gasteiger partial charge in [0.15, 0.2) is 0 Å². The van der Waals surface area contributed by atoms with Crippen molar-refractivity contribution in [1.29, 1.82) is 0 Å². The van der Waals surface area contributed by atoms with Gasteiger partial charge in [-0.05, 0) is 40.5 Å². The van der Waals surface area contributed by atoms with E-state index in [4.69, 9.17) is 4.42 Å². The third kappa shape index (κ3) is 2.55. The summed E-state index contributed by atoms with van der Waals surface area (Å²) in [7, 11) is 0. The Labute approximate surface area is 111 Å². The highest BCUT2D eigenvalue weighted by Gasteiger charge is 2.19. The second kappa shape index (κ2) is 5.23. The first-order valence-electron chi connectivity index (χ1n) is 6.04. The van der Waals surface area contributed by atoms with Crippen molar-refractivity contribution >= 4 is 26.9 Å². The fourth-order valence-electron chi connectivity index (χ4n) is 2.09. The van der Waals surface area contributed by atoms with Crippen molar-refractivity contribution in [3.05, 3.63) is 34.5 Å². The Hall–Kier alpha value is -0.800. The average molecular weight is 296 g/mol. The maximum atomic E-state index is 5.97. The minimum absolute atomic E-state index is 0.277. The molecule has 1 atom stereocenters. The number of para-hydroxylation sites is 1. The first kappa shape index (κ1) is 12.7. The summed E-state index contributed by atoms with van der Waals surface area (Å²) in [5, 5.41) is 4.62. The van der Waals surface area contributed by atoms with Crippen molar-refractivity contribution < 1.29 is 4.42 Å². The molecule has 1 heterocycles. The van der Waals surface area contributed by atoms with Crippen LogP contribution in [0.3, 0.4) is 0 Å². The molecule has 0 spiro atoms. The number of furan rings is 1. The molecule has 3 heteroatoms. The molecule has 0 radical (unpaired) electrons. The van der Waals surface area contributed by atoms with Crippen LogP contribution in [0, 0.1) is 5.92 Å². The molecular weight excluding hydrogens is 278 g/mol. The van der Waals surface area contributed by atoms with E-state index in [-0.39, 0.29) is 6.04 Å². The maximum Gasteiger partial charge on any atom is 0.148 e. The molecule has 1 unspecified atom stereocenters. The lowest BCUT2D eigenvalue weighted by Crippen LogP contribution is -2.24. The molecule has 0 saturated heterocycles. The van der Waals surface area contributed by atoms with E-state index in [0.29, 0.717) is 5.92 Å². The topological polar surface area (TPSA) is 25.2 Å². The highest BCUT2D eigenvalue weighted by molar-refractivity contribution is 9.10. The van der Waals surface area contributed by atoms with Gasteiger partial charge in [0, 0.05) is 5.39 Å². The van der Waals surface area contributed by atoms with Gasteiger partial charge >= 0.3 is 0 Å². The highest BCUT2D eigenvalue weighted by Crippen LogP contribution is 2.31. The van der Waals surface area contributed by atoms with Gasteiger partial charge < -0.3 is 9.73 Å². The van der Waals surface area contributed by atoms with E-state index in [1.807, 2.05) is 12.1 Å². The summed E-state index contributed by atoms with van der Waals surface area (Å²) >= 11 is 3.52. The number of fused-ring (bicyclic) bond motifs is 1. The Bertz CT molecular complexity index is 504. The van der Waals surface area contributed by atoms with Gasteiger partial charge in [0.25, 0.3) is 0 Å². The summed E-state index contributed by atoms with van der Waals surface area (Å²) in [5.41, 5.74) is 0.936. The van der Waals surface area contributed by atoms with Gasteiger partial charge in [-0.25, -0.2) is 0 Å². The van der Waals surface area contributed by atoms with Gasteiger partial charge in [-0.2, -0.15) is 0 Å². The standard InChI is InChI=1S/C14H18BrNO/c1-4-16-13(9(2)3)12-8-10-6-5-7-11(15)14(10)17-12/h5-9,13,16H,4H2,1-3H3. The molecular formula is C14H18BrNO. The van der Waals surface area contributed by atoms with E-state index in [0.717, 1.165) is 27.7 Å². The lowest BCUT2D eigenvalue weighted by molar-refractivity contribution is 0.356. The summed E-state index contributed by atoms with van der Waals surface area (Å²) < 4.78 is 6.98. The van der Waals surface area contributed by atoms with Gasteiger partial charge in [0.05, 0.1) is 10.5 Å². The highest BCUT2D eigenvalue weighted by atomic mass is 79.9. The molecule has 1 aromatic heterocycles. The van der Waals surface area contributed by atoms with Gasteiger partial charge in [0.1, 0.15) is 11.3 Å². The molecule has 92 valence electrons. The molecule has 0 saturated carbocycles. The number of hydrogen-bond donors (Lipinski definition) is 1. The molecule has 0 amide bonds. The van der Waals surface area contributed by atoms with Crippen LogP contribution in [-0.2, 0) is 0 Å². The van der Waals surface area contributed by atoms with Crippen molar-refractivity contribution in [3.8, 4) is 0 Å². The zero-order valence-electron chi connectivity index (χ0n) is 10.5. The SMILES string of the molecule is CCNC(c1cc2cccc(Br)c2o1)C(C)C. The number of rotatable bonds is 4. The minimum atomic E-state index is 0.277. The fourth-order valence-corrected chi connectivity index (χ4v) is 2.55. The van der Waals surface area contributed by atoms with Crippen LogP contribution in [-0.4, -0.2) is 6.54 Å². The van der Waals surface area contributed by atoms with Crippen LogP contribution in [0.15, 0.2) is 33.2 Å². The van der Waals surface area contributed by atoms with Gasteiger partial charge in [-0.3, -0.25) is 0 Å². The largest absolute Gasteiger partial charge is 0.458 e. The summed E-state index contributed by atoms with van der Waals surface area (Å²) in [6, 6.07) is 8.53. The smallest absolute Gasteiger partial charge is 0.148 e. The predicted molar refractivity (Wildman–Crippen MR) is 75.2 cm³/mol. The van der Waals surface area contributed by atoms with Crippen molar-refractivity contribution in [3.63, 3.8) is 0 Å². The quantitative estimate of drug-likeness (QED) is 0.898. The second-order valence-electron chi connectivity index (χ2n) is 4.59. The Kier molecular flexibility index (Phi) is 3.89. The van der Waals surface area contributed by atoms with Gasteiger partial charge in [-0.15, -0.1) is 0 Å². The number of benzene rings is 1. The molecule has 1 aromatic carbocycles. The third-order valence-corrected chi connectivity index (χ3v) is 3.54. The maximum absolute atomic E-state index is 5.97.